The molecular formula is C20H30N4O4S. The van der Waals surface area contributed by atoms with Crippen LogP contribution in [0.15, 0.2) is 24.3 Å². The molecule has 8 nitrogen and oxygen atoms in total. The molecular weight excluding hydrogens is 392 g/mol. The molecule has 0 saturated carbocycles. The molecule has 1 aromatic carbocycles. The van der Waals surface area contributed by atoms with Crippen LogP contribution in [0.1, 0.15) is 37.0 Å². The highest BCUT2D eigenvalue weighted by atomic mass is 32.2. The molecule has 2 heterocycles. The lowest BCUT2D eigenvalue weighted by molar-refractivity contribution is -0.123. The van der Waals surface area contributed by atoms with Crippen molar-refractivity contribution in [1.29, 1.82) is 0 Å². The van der Waals surface area contributed by atoms with Crippen LogP contribution in [0.4, 0.5) is 5.69 Å². The van der Waals surface area contributed by atoms with E-state index in [2.05, 4.69) is 10.2 Å². The van der Waals surface area contributed by atoms with Crippen LogP contribution in [-0.2, 0) is 14.8 Å². The number of hydrogen-bond acceptors (Lipinski definition) is 5. The summed E-state index contributed by atoms with van der Waals surface area (Å²) >= 11 is 0. The Morgan fingerprint density at radius 2 is 1.86 bits per heavy atom. The molecule has 0 bridgehead atoms. The molecule has 1 atom stereocenters. The number of amides is 2. The van der Waals surface area contributed by atoms with E-state index >= 15 is 0 Å². The third-order valence-corrected chi connectivity index (χ3v) is 7.40. The number of rotatable bonds is 6. The first-order chi connectivity index (χ1) is 13.8. The molecule has 3 rings (SSSR count). The number of anilines is 1. The van der Waals surface area contributed by atoms with E-state index in [-0.39, 0.29) is 23.6 Å². The number of hydrogen-bond donors (Lipinski definition) is 1. The van der Waals surface area contributed by atoms with Crippen molar-refractivity contribution in [2.75, 3.05) is 49.3 Å². The lowest BCUT2D eigenvalue weighted by Gasteiger charge is -2.34. The average Bonchev–Trinajstić information content (AvgIpc) is 3.07. The maximum atomic E-state index is 12.9. The van der Waals surface area contributed by atoms with Gasteiger partial charge in [-0.1, -0.05) is 13.0 Å². The van der Waals surface area contributed by atoms with Crippen molar-refractivity contribution < 1.29 is 18.0 Å². The molecule has 29 heavy (non-hydrogen) atoms. The Bertz CT molecular complexity index is 850. The van der Waals surface area contributed by atoms with Crippen molar-refractivity contribution >= 4 is 27.5 Å². The number of nitrogens with zero attached hydrogens (tertiary/aromatic N) is 3. The summed E-state index contributed by atoms with van der Waals surface area (Å²) in [6.07, 6.45) is 1.50. The fourth-order valence-corrected chi connectivity index (χ4v) is 5.20. The fraction of sp³-hybridized carbons (Fsp3) is 0.600. The molecule has 0 radical (unpaired) electrons. The number of carbonyl (C=O) groups is 2. The summed E-state index contributed by atoms with van der Waals surface area (Å²) in [4.78, 5) is 28.8. The molecule has 1 aromatic rings. The minimum Gasteiger partial charge on any atom is -0.353 e. The largest absolute Gasteiger partial charge is 0.353 e. The Morgan fingerprint density at radius 3 is 2.48 bits per heavy atom. The van der Waals surface area contributed by atoms with Gasteiger partial charge < -0.3 is 10.2 Å². The van der Waals surface area contributed by atoms with Crippen LogP contribution in [-0.4, -0.2) is 81.1 Å². The molecule has 0 spiro atoms. The van der Waals surface area contributed by atoms with E-state index in [1.807, 2.05) is 13.8 Å². The monoisotopic (exact) mass is 422 g/mol. The second-order valence-corrected chi connectivity index (χ2v) is 9.75. The molecule has 0 aromatic heterocycles. The number of piperazine rings is 1. The highest BCUT2D eigenvalue weighted by molar-refractivity contribution is 7.93. The Labute approximate surface area is 172 Å². The van der Waals surface area contributed by atoms with Gasteiger partial charge in [0.25, 0.3) is 5.91 Å². The predicted octanol–water partition coefficient (Wildman–Crippen LogP) is 0.899. The van der Waals surface area contributed by atoms with Gasteiger partial charge in [-0.25, -0.2) is 8.42 Å². The summed E-state index contributed by atoms with van der Waals surface area (Å²) in [5.41, 5.74) is 1.04. The summed E-state index contributed by atoms with van der Waals surface area (Å²) in [6, 6.07) is 7.01. The summed E-state index contributed by atoms with van der Waals surface area (Å²) in [7, 11) is -3.27. The summed E-state index contributed by atoms with van der Waals surface area (Å²) < 4.78 is 25.7. The van der Waals surface area contributed by atoms with Crippen molar-refractivity contribution in [3.63, 3.8) is 0 Å². The number of benzene rings is 1. The Morgan fingerprint density at radius 1 is 1.14 bits per heavy atom. The molecule has 0 aliphatic carbocycles. The first-order valence-electron chi connectivity index (χ1n) is 10.2. The first-order valence-corrected chi connectivity index (χ1v) is 11.8. The van der Waals surface area contributed by atoms with E-state index in [0.717, 1.165) is 6.42 Å². The number of sulfonamides is 1. The standard InChI is InChI=1S/C20H30N4O4S/c1-3-16(2)21-19(25)15-22-9-11-23(12-10-22)20(26)17-6-4-7-18(14-17)24-8-5-13-29(24,27)28/h4,6-7,14,16H,3,5,8-13,15H2,1-2H3,(H,21,25). The van der Waals surface area contributed by atoms with Crippen molar-refractivity contribution in [2.24, 2.45) is 0 Å². The highest BCUT2D eigenvalue weighted by Gasteiger charge is 2.29. The highest BCUT2D eigenvalue weighted by Crippen LogP contribution is 2.25. The SMILES string of the molecule is CCC(C)NC(=O)CN1CCN(C(=O)c2cccc(N3CCCS3(=O)=O)c2)CC1. The van der Waals surface area contributed by atoms with Gasteiger partial charge in [0.05, 0.1) is 18.0 Å². The van der Waals surface area contributed by atoms with E-state index in [1.54, 1.807) is 29.2 Å². The van der Waals surface area contributed by atoms with Gasteiger partial charge in [0.15, 0.2) is 0 Å². The zero-order valence-corrected chi connectivity index (χ0v) is 18.0. The lowest BCUT2D eigenvalue weighted by Crippen LogP contribution is -2.51. The van der Waals surface area contributed by atoms with Crippen molar-refractivity contribution in [3.05, 3.63) is 29.8 Å². The van der Waals surface area contributed by atoms with Crippen LogP contribution in [0.2, 0.25) is 0 Å². The first kappa shape index (κ1) is 21.6. The van der Waals surface area contributed by atoms with E-state index in [9.17, 15) is 18.0 Å². The van der Waals surface area contributed by atoms with E-state index in [1.165, 1.54) is 4.31 Å². The van der Waals surface area contributed by atoms with Gasteiger partial charge in [0.2, 0.25) is 15.9 Å². The van der Waals surface area contributed by atoms with E-state index in [0.29, 0.717) is 56.9 Å². The van der Waals surface area contributed by atoms with Gasteiger partial charge in [-0.05, 0) is 38.0 Å². The summed E-state index contributed by atoms with van der Waals surface area (Å²) in [5, 5.41) is 2.96. The van der Waals surface area contributed by atoms with E-state index in [4.69, 9.17) is 0 Å². The van der Waals surface area contributed by atoms with Crippen LogP contribution >= 0.6 is 0 Å². The molecule has 2 saturated heterocycles. The van der Waals surface area contributed by atoms with Crippen LogP contribution in [0.3, 0.4) is 0 Å². The van der Waals surface area contributed by atoms with Gasteiger partial charge in [0.1, 0.15) is 0 Å². The van der Waals surface area contributed by atoms with Gasteiger partial charge in [-0.3, -0.25) is 18.8 Å². The predicted molar refractivity (Wildman–Crippen MR) is 112 cm³/mol. The maximum Gasteiger partial charge on any atom is 0.254 e. The summed E-state index contributed by atoms with van der Waals surface area (Å²) in [6.45, 7) is 7.18. The smallest absolute Gasteiger partial charge is 0.254 e. The lowest BCUT2D eigenvalue weighted by atomic mass is 10.1. The molecule has 1 N–H and O–H groups in total. The van der Waals surface area contributed by atoms with Crippen molar-refractivity contribution in [2.45, 2.75) is 32.7 Å². The van der Waals surface area contributed by atoms with Gasteiger partial charge >= 0.3 is 0 Å². The second kappa shape index (κ2) is 9.13. The third kappa shape index (κ3) is 5.27. The Balaban J connectivity index is 1.57. The fourth-order valence-electron chi connectivity index (χ4n) is 3.64. The minimum absolute atomic E-state index is 0.0126. The Hall–Kier alpha value is -2.13. The number of carbonyl (C=O) groups excluding carboxylic acids is 2. The quantitative estimate of drug-likeness (QED) is 0.736. The van der Waals surface area contributed by atoms with Gasteiger partial charge in [-0.15, -0.1) is 0 Å². The normalized spacial score (nSPS) is 20.5. The van der Waals surface area contributed by atoms with Gasteiger partial charge in [-0.2, -0.15) is 0 Å². The molecule has 160 valence electrons. The van der Waals surface area contributed by atoms with Crippen molar-refractivity contribution in [3.8, 4) is 0 Å². The zero-order chi connectivity index (χ0) is 21.0. The minimum atomic E-state index is -3.27. The van der Waals surface area contributed by atoms with Gasteiger partial charge in [0, 0.05) is 44.3 Å². The molecule has 2 amide bonds. The van der Waals surface area contributed by atoms with Crippen molar-refractivity contribution in [1.82, 2.24) is 15.1 Å². The van der Waals surface area contributed by atoms with Crippen LogP contribution in [0, 0.1) is 0 Å². The molecule has 9 heteroatoms. The van der Waals surface area contributed by atoms with Crippen LogP contribution in [0.25, 0.3) is 0 Å². The topological polar surface area (TPSA) is 90.0 Å². The zero-order valence-electron chi connectivity index (χ0n) is 17.1. The molecule has 1 unspecified atom stereocenters. The third-order valence-electron chi connectivity index (χ3n) is 5.53. The molecule has 2 aliphatic heterocycles. The molecule has 2 aliphatic rings. The molecule has 2 fully saturated rings. The van der Waals surface area contributed by atoms with Crippen LogP contribution < -0.4 is 9.62 Å². The second-order valence-electron chi connectivity index (χ2n) is 7.74. The summed E-state index contributed by atoms with van der Waals surface area (Å²) in [5.74, 6) is 0.0587. The Kier molecular flexibility index (Phi) is 6.79. The maximum absolute atomic E-state index is 12.9. The van der Waals surface area contributed by atoms with E-state index < -0.39 is 10.0 Å². The van der Waals surface area contributed by atoms with Crippen LogP contribution in [0.5, 0.6) is 0 Å². The average molecular weight is 423 g/mol. The number of nitrogens with one attached hydrogen (secondary N) is 1.